The number of hydrogen-bond donors (Lipinski definition) is 5. The Balaban J connectivity index is 2.36. The van der Waals surface area contributed by atoms with Crippen LogP contribution in [0.2, 0.25) is 0 Å². The molecule has 0 saturated carbocycles. The van der Waals surface area contributed by atoms with Crippen molar-refractivity contribution >= 4 is 17.3 Å². The fourth-order valence-electron chi connectivity index (χ4n) is 4.68. The molecule has 1 unspecified atom stereocenters. The van der Waals surface area contributed by atoms with Gasteiger partial charge in [-0.3, -0.25) is 10.2 Å². The number of aryl methyl sites for hydroxylation is 1. The Labute approximate surface area is 253 Å². The highest BCUT2D eigenvalue weighted by atomic mass is 16.5. The van der Waals surface area contributed by atoms with Crippen molar-refractivity contribution in [3.63, 3.8) is 0 Å². The van der Waals surface area contributed by atoms with E-state index in [-0.39, 0.29) is 17.7 Å². The summed E-state index contributed by atoms with van der Waals surface area (Å²) in [6.45, 7) is 11.0. The van der Waals surface area contributed by atoms with E-state index in [0.29, 0.717) is 47.7 Å². The number of rotatable bonds is 19. The minimum Gasteiger partial charge on any atom is -0.495 e. The Morgan fingerprint density at radius 3 is 2.50 bits per heavy atom. The van der Waals surface area contributed by atoms with E-state index >= 15 is 0 Å². The molecule has 2 aromatic carbocycles. The average molecular weight is 574 g/mol. The third-order valence-electron chi connectivity index (χ3n) is 7.26. The molecule has 0 heterocycles. The number of anilines is 1. The third kappa shape index (κ3) is 10.9. The molecular weight excluding hydrogens is 522 g/mol. The van der Waals surface area contributed by atoms with Crippen molar-refractivity contribution in [3.8, 4) is 5.75 Å². The lowest BCUT2D eigenvalue weighted by Gasteiger charge is -2.25. The summed E-state index contributed by atoms with van der Waals surface area (Å²) in [5, 5.41) is 16.0. The van der Waals surface area contributed by atoms with Gasteiger partial charge in [0.2, 0.25) is 5.91 Å². The smallest absolute Gasteiger partial charge is 0.224 e. The van der Waals surface area contributed by atoms with Gasteiger partial charge in [0.25, 0.3) is 0 Å². The molecule has 0 aliphatic heterocycles. The van der Waals surface area contributed by atoms with Crippen LogP contribution in [-0.4, -0.2) is 31.3 Å². The lowest BCUT2D eigenvalue weighted by Crippen LogP contribution is -2.33. The number of carbonyl (C=O) groups excluding carboxylic acids is 1. The van der Waals surface area contributed by atoms with Gasteiger partial charge in [-0.25, -0.2) is 0 Å². The molecule has 0 spiro atoms. The van der Waals surface area contributed by atoms with Crippen LogP contribution in [0.25, 0.3) is 0 Å². The van der Waals surface area contributed by atoms with E-state index in [4.69, 9.17) is 16.2 Å². The number of nitrogens with one attached hydrogen (secondary N) is 3. The van der Waals surface area contributed by atoms with Crippen LogP contribution in [0.3, 0.4) is 0 Å². The number of methoxy groups -OCH3 is 1. The number of nitrogens with two attached hydrogens (primary N) is 2. The van der Waals surface area contributed by atoms with Gasteiger partial charge in [0.1, 0.15) is 5.75 Å². The van der Waals surface area contributed by atoms with Crippen LogP contribution in [0.4, 0.5) is 5.69 Å². The molecule has 0 saturated heterocycles. The summed E-state index contributed by atoms with van der Waals surface area (Å²) in [5.41, 5.74) is 18.5. The summed E-state index contributed by atoms with van der Waals surface area (Å²) in [7, 11) is 1.57. The van der Waals surface area contributed by atoms with Crippen molar-refractivity contribution in [1.29, 1.82) is 5.41 Å². The van der Waals surface area contributed by atoms with E-state index in [1.807, 2.05) is 24.3 Å². The SMILES string of the molecule is C=C(CC)C/C(N)=C(C(=N)c1ccc(NC(=O)CCCc2ccccc2)c(OC)c1)\C(=C\CCC)NC(CC)CCN. The van der Waals surface area contributed by atoms with E-state index in [2.05, 4.69) is 56.2 Å². The van der Waals surface area contributed by atoms with Crippen molar-refractivity contribution < 1.29 is 9.53 Å². The van der Waals surface area contributed by atoms with Crippen molar-refractivity contribution in [1.82, 2.24) is 5.32 Å². The van der Waals surface area contributed by atoms with Gasteiger partial charge in [0.15, 0.2) is 0 Å². The van der Waals surface area contributed by atoms with Crippen LogP contribution in [0, 0.1) is 5.41 Å². The van der Waals surface area contributed by atoms with E-state index < -0.39 is 0 Å². The fourth-order valence-corrected chi connectivity index (χ4v) is 4.68. The average Bonchev–Trinajstić information content (AvgIpc) is 2.99. The molecule has 0 bridgehead atoms. The molecular formula is C35H51N5O2. The van der Waals surface area contributed by atoms with Gasteiger partial charge in [-0.2, -0.15) is 0 Å². The zero-order chi connectivity index (χ0) is 30.9. The Morgan fingerprint density at radius 2 is 1.88 bits per heavy atom. The molecule has 228 valence electrons. The van der Waals surface area contributed by atoms with Gasteiger partial charge >= 0.3 is 0 Å². The third-order valence-corrected chi connectivity index (χ3v) is 7.26. The Hall–Kier alpha value is -3.84. The Bertz CT molecular complexity index is 1230. The second-order valence-electron chi connectivity index (χ2n) is 10.6. The van der Waals surface area contributed by atoms with Crippen LogP contribution in [0.1, 0.15) is 83.3 Å². The molecule has 7 heteroatoms. The molecule has 2 aromatic rings. The van der Waals surface area contributed by atoms with Gasteiger partial charge in [0.05, 0.1) is 18.5 Å². The van der Waals surface area contributed by atoms with Crippen molar-refractivity contribution in [2.45, 2.75) is 84.6 Å². The molecule has 0 aliphatic carbocycles. The number of amides is 1. The first-order valence-electron chi connectivity index (χ1n) is 15.2. The number of ether oxygens (including phenoxy) is 1. The van der Waals surface area contributed by atoms with Crippen molar-refractivity contribution in [2.75, 3.05) is 19.0 Å². The lowest BCUT2D eigenvalue weighted by atomic mass is 9.93. The van der Waals surface area contributed by atoms with Crippen LogP contribution in [0.5, 0.6) is 5.75 Å². The largest absolute Gasteiger partial charge is 0.495 e. The molecule has 1 amide bonds. The van der Waals surface area contributed by atoms with Crippen LogP contribution >= 0.6 is 0 Å². The monoisotopic (exact) mass is 573 g/mol. The molecule has 0 radical (unpaired) electrons. The summed E-state index contributed by atoms with van der Waals surface area (Å²) < 4.78 is 5.66. The summed E-state index contributed by atoms with van der Waals surface area (Å²) in [6.07, 6.45) is 8.96. The summed E-state index contributed by atoms with van der Waals surface area (Å²) >= 11 is 0. The van der Waals surface area contributed by atoms with Crippen LogP contribution in [0.15, 0.2) is 83.7 Å². The van der Waals surface area contributed by atoms with Crippen molar-refractivity contribution in [3.05, 3.63) is 94.9 Å². The minimum atomic E-state index is -0.0746. The number of allylic oxidation sites excluding steroid dienone is 3. The molecule has 42 heavy (non-hydrogen) atoms. The Kier molecular flexibility index (Phi) is 15.2. The maximum absolute atomic E-state index is 12.7. The van der Waals surface area contributed by atoms with Gasteiger partial charge in [-0.15, -0.1) is 0 Å². The quantitative estimate of drug-likeness (QED) is 0.0703. The normalized spacial score (nSPS) is 12.7. The molecule has 7 nitrogen and oxygen atoms in total. The zero-order valence-electron chi connectivity index (χ0n) is 26.0. The minimum absolute atomic E-state index is 0.0746. The first kappa shape index (κ1) is 34.4. The predicted octanol–water partition coefficient (Wildman–Crippen LogP) is 6.99. The molecule has 2 rings (SSSR count). The number of benzene rings is 2. The number of hydrogen-bond acceptors (Lipinski definition) is 6. The molecule has 0 aromatic heterocycles. The molecule has 0 fully saturated rings. The van der Waals surface area contributed by atoms with E-state index in [9.17, 15) is 10.2 Å². The molecule has 7 N–H and O–H groups in total. The van der Waals surface area contributed by atoms with Gasteiger partial charge < -0.3 is 26.8 Å². The summed E-state index contributed by atoms with van der Waals surface area (Å²) in [6, 6.07) is 15.7. The zero-order valence-corrected chi connectivity index (χ0v) is 26.0. The van der Waals surface area contributed by atoms with Gasteiger partial charge in [0, 0.05) is 41.4 Å². The van der Waals surface area contributed by atoms with Crippen LogP contribution in [-0.2, 0) is 11.2 Å². The highest BCUT2D eigenvalue weighted by Gasteiger charge is 2.21. The van der Waals surface area contributed by atoms with E-state index in [0.717, 1.165) is 56.2 Å². The summed E-state index contributed by atoms with van der Waals surface area (Å²) in [4.78, 5) is 12.7. The maximum Gasteiger partial charge on any atom is 0.224 e. The standard InChI is InChI=1S/C35H51N5O2/c1-6-9-17-31(39-28(8-3)21-22-36)34(29(37)23-25(4)7-2)35(38)27-19-20-30(32(24-27)42-5)40-33(41)18-13-16-26-14-11-10-12-15-26/h10-12,14-15,17,19-20,24,28,38-39H,4,6-9,13,16,18,21-23,36-37H2,1-3,5H3,(H,40,41)/b31-17-,34-29-,38-35?. The van der Waals surface area contributed by atoms with Crippen molar-refractivity contribution in [2.24, 2.45) is 11.5 Å². The molecule has 0 aliphatic rings. The first-order chi connectivity index (χ1) is 20.3. The van der Waals surface area contributed by atoms with E-state index in [1.165, 1.54) is 5.56 Å². The Morgan fingerprint density at radius 1 is 1.14 bits per heavy atom. The first-order valence-corrected chi connectivity index (χ1v) is 15.2. The topological polar surface area (TPSA) is 126 Å². The predicted molar refractivity (Wildman–Crippen MR) is 177 cm³/mol. The fraction of sp³-hybridized carbons (Fsp3) is 0.429. The second-order valence-corrected chi connectivity index (χ2v) is 10.6. The van der Waals surface area contributed by atoms with Gasteiger partial charge in [-0.1, -0.05) is 81.8 Å². The van der Waals surface area contributed by atoms with Gasteiger partial charge in [-0.05, 0) is 62.8 Å². The summed E-state index contributed by atoms with van der Waals surface area (Å²) in [5.74, 6) is 0.417. The van der Waals surface area contributed by atoms with E-state index in [1.54, 1.807) is 19.2 Å². The second kappa shape index (κ2) is 18.6. The highest BCUT2D eigenvalue weighted by Crippen LogP contribution is 2.29. The number of unbranched alkanes of at least 4 members (excludes halogenated alkanes) is 1. The lowest BCUT2D eigenvalue weighted by molar-refractivity contribution is -0.116. The number of carbonyl (C=O) groups is 1. The molecule has 1 atom stereocenters. The highest BCUT2D eigenvalue weighted by molar-refractivity contribution is 6.14. The van der Waals surface area contributed by atoms with Crippen LogP contribution < -0.4 is 26.8 Å². The maximum atomic E-state index is 12.7.